The lowest BCUT2D eigenvalue weighted by molar-refractivity contribution is 0.0937. The van der Waals surface area contributed by atoms with Gasteiger partial charge in [-0.1, -0.05) is 13.3 Å². The molecule has 0 saturated heterocycles. The molecule has 6 nitrogen and oxygen atoms in total. The molecule has 1 aliphatic carbocycles. The summed E-state index contributed by atoms with van der Waals surface area (Å²) >= 11 is 0. The van der Waals surface area contributed by atoms with Crippen LogP contribution in [0.2, 0.25) is 0 Å². The molecule has 0 radical (unpaired) electrons. The van der Waals surface area contributed by atoms with Crippen molar-refractivity contribution in [1.29, 1.82) is 0 Å². The zero-order valence-electron chi connectivity index (χ0n) is 13.2. The lowest BCUT2D eigenvalue weighted by Gasteiger charge is -2.17. The topological polar surface area (TPSA) is 76.0 Å². The van der Waals surface area contributed by atoms with Crippen LogP contribution in [0.5, 0.6) is 0 Å². The number of nitrogens with zero attached hydrogens (tertiary/aromatic N) is 2. The van der Waals surface area contributed by atoms with E-state index in [4.69, 9.17) is 0 Å². The Morgan fingerprint density at radius 3 is 2.82 bits per heavy atom. The molecule has 1 aromatic heterocycles. The molecule has 6 heteroatoms. The second-order valence-electron chi connectivity index (χ2n) is 6.20. The number of amides is 2. The maximum absolute atomic E-state index is 12.3. The maximum Gasteiger partial charge on any atom is 0.287 e. The normalized spacial score (nSPS) is 17.0. The highest BCUT2D eigenvalue weighted by Gasteiger charge is 2.30. The Balaban J connectivity index is 1.81. The highest BCUT2D eigenvalue weighted by Crippen LogP contribution is 2.23. The first-order valence-electron chi connectivity index (χ1n) is 8.39. The van der Waals surface area contributed by atoms with E-state index in [0.717, 1.165) is 57.2 Å². The van der Waals surface area contributed by atoms with E-state index >= 15 is 0 Å². The van der Waals surface area contributed by atoms with Gasteiger partial charge < -0.3 is 15.2 Å². The van der Waals surface area contributed by atoms with Gasteiger partial charge in [0.25, 0.3) is 11.8 Å². The molecule has 22 heavy (non-hydrogen) atoms. The van der Waals surface area contributed by atoms with Crippen LogP contribution in [0.1, 0.15) is 72.3 Å². The first kappa shape index (κ1) is 15.1. The summed E-state index contributed by atoms with van der Waals surface area (Å²) in [6.45, 7) is 3.51. The third-order valence-corrected chi connectivity index (χ3v) is 4.26. The summed E-state index contributed by atoms with van der Waals surface area (Å²) in [5.41, 5.74) is 1.37. The van der Waals surface area contributed by atoms with Crippen LogP contribution in [0.4, 0.5) is 0 Å². The lowest BCUT2D eigenvalue weighted by Crippen LogP contribution is -2.28. The van der Waals surface area contributed by atoms with Crippen molar-refractivity contribution in [2.75, 3.05) is 6.54 Å². The van der Waals surface area contributed by atoms with Crippen LogP contribution in [-0.4, -0.2) is 34.0 Å². The SMILES string of the molecule is CCCCNC(=O)c1nc(C(=O)NC2CC2)c2n1CCCC2. The highest BCUT2D eigenvalue weighted by molar-refractivity contribution is 5.97. The molecule has 3 rings (SSSR count). The lowest BCUT2D eigenvalue weighted by atomic mass is 10.1. The van der Waals surface area contributed by atoms with Crippen molar-refractivity contribution >= 4 is 11.8 Å². The predicted molar refractivity (Wildman–Crippen MR) is 82.9 cm³/mol. The minimum atomic E-state index is -0.165. The average molecular weight is 304 g/mol. The summed E-state index contributed by atoms with van der Waals surface area (Å²) < 4.78 is 1.94. The Labute approximate surface area is 130 Å². The molecule has 0 spiro atoms. The van der Waals surface area contributed by atoms with Crippen molar-refractivity contribution < 1.29 is 9.59 Å². The van der Waals surface area contributed by atoms with Crippen LogP contribution in [0.25, 0.3) is 0 Å². The highest BCUT2D eigenvalue weighted by atomic mass is 16.2. The Morgan fingerprint density at radius 2 is 2.09 bits per heavy atom. The van der Waals surface area contributed by atoms with Gasteiger partial charge in [-0.3, -0.25) is 9.59 Å². The smallest absolute Gasteiger partial charge is 0.287 e. The quantitative estimate of drug-likeness (QED) is 0.785. The molecule has 1 fully saturated rings. The van der Waals surface area contributed by atoms with Gasteiger partial charge >= 0.3 is 0 Å². The van der Waals surface area contributed by atoms with E-state index in [1.54, 1.807) is 0 Å². The van der Waals surface area contributed by atoms with E-state index in [2.05, 4.69) is 22.5 Å². The number of fused-ring (bicyclic) bond motifs is 1. The van der Waals surface area contributed by atoms with Gasteiger partial charge in [0.05, 0.1) is 5.69 Å². The average Bonchev–Trinajstić information content (AvgIpc) is 3.24. The summed E-state index contributed by atoms with van der Waals surface area (Å²) in [4.78, 5) is 29.1. The molecule has 1 aliphatic heterocycles. The number of carbonyl (C=O) groups excluding carboxylic acids is 2. The third-order valence-electron chi connectivity index (χ3n) is 4.26. The predicted octanol–water partition coefficient (Wildman–Crippen LogP) is 1.64. The van der Waals surface area contributed by atoms with Crippen LogP contribution in [0.15, 0.2) is 0 Å². The Kier molecular flexibility index (Phi) is 4.45. The fourth-order valence-corrected chi connectivity index (χ4v) is 2.84. The van der Waals surface area contributed by atoms with Gasteiger partial charge in [0.1, 0.15) is 5.69 Å². The van der Waals surface area contributed by atoms with Gasteiger partial charge in [0, 0.05) is 19.1 Å². The van der Waals surface area contributed by atoms with Gasteiger partial charge in [-0.05, 0) is 38.5 Å². The maximum atomic E-state index is 12.3. The van der Waals surface area contributed by atoms with Crippen LogP contribution >= 0.6 is 0 Å². The van der Waals surface area contributed by atoms with E-state index in [-0.39, 0.29) is 11.8 Å². The Hall–Kier alpha value is -1.85. The molecule has 1 saturated carbocycles. The summed E-state index contributed by atoms with van der Waals surface area (Å²) in [5, 5.41) is 5.88. The van der Waals surface area contributed by atoms with Crippen molar-refractivity contribution in [1.82, 2.24) is 20.2 Å². The molecule has 0 aromatic carbocycles. The molecular weight excluding hydrogens is 280 g/mol. The number of aromatic nitrogens is 2. The Morgan fingerprint density at radius 1 is 1.27 bits per heavy atom. The fourth-order valence-electron chi connectivity index (χ4n) is 2.84. The molecule has 1 aromatic rings. The number of nitrogens with one attached hydrogen (secondary N) is 2. The zero-order chi connectivity index (χ0) is 15.5. The van der Waals surface area contributed by atoms with Crippen LogP contribution in [-0.2, 0) is 13.0 Å². The van der Waals surface area contributed by atoms with Gasteiger partial charge in [-0.2, -0.15) is 0 Å². The summed E-state index contributed by atoms with van der Waals surface area (Å²) in [6.07, 6.45) is 6.98. The zero-order valence-corrected chi connectivity index (χ0v) is 13.2. The second-order valence-corrected chi connectivity index (χ2v) is 6.20. The molecule has 2 N–H and O–H groups in total. The number of hydrogen-bond donors (Lipinski definition) is 2. The van der Waals surface area contributed by atoms with Crippen LogP contribution < -0.4 is 10.6 Å². The largest absolute Gasteiger partial charge is 0.349 e. The van der Waals surface area contributed by atoms with E-state index in [1.807, 2.05) is 4.57 Å². The first-order chi connectivity index (χ1) is 10.7. The van der Waals surface area contributed by atoms with Gasteiger partial charge in [-0.25, -0.2) is 4.98 Å². The minimum absolute atomic E-state index is 0.124. The van der Waals surface area contributed by atoms with Crippen molar-refractivity contribution in [3.8, 4) is 0 Å². The fraction of sp³-hybridized carbons (Fsp3) is 0.688. The van der Waals surface area contributed by atoms with E-state index < -0.39 is 0 Å². The number of unbranched alkanes of at least 4 members (excludes halogenated alkanes) is 1. The molecule has 2 amide bonds. The molecule has 0 atom stereocenters. The second kappa shape index (κ2) is 6.50. The molecule has 0 bridgehead atoms. The summed E-state index contributed by atoms with van der Waals surface area (Å²) in [5.74, 6) is 0.106. The van der Waals surface area contributed by atoms with Crippen LogP contribution in [0.3, 0.4) is 0 Å². The molecule has 2 aliphatic rings. The minimum Gasteiger partial charge on any atom is -0.349 e. The number of carbonyl (C=O) groups is 2. The number of rotatable bonds is 6. The summed E-state index contributed by atoms with van der Waals surface area (Å²) in [6, 6.07) is 0.301. The number of hydrogen-bond acceptors (Lipinski definition) is 3. The van der Waals surface area contributed by atoms with Gasteiger partial charge in [-0.15, -0.1) is 0 Å². The molecule has 120 valence electrons. The third kappa shape index (κ3) is 3.15. The van der Waals surface area contributed by atoms with Crippen molar-refractivity contribution in [2.24, 2.45) is 0 Å². The standard InChI is InChI=1S/C16H24N4O2/c1-2-3-9-17-16(22)14-19-13(15(21)18-11-7-8-11)12-6-4-5-10-20(12)14/h11H,2-10H2,1H3,(H,17,22)(H,18,21). The molecule has 0 unspecified atom stereocenters. The van der Waals surface area contributed by atoms with E-state index in [0.29, 0.717) is 24.1 Å². The number of imidazole rings is 1. The summed E-state index contributed by atoms with van der Waals surface area (Å²) in [7, 11) is 0. The molecule has 2 heterocycles. The van der Waals surface area contributed by atoms with Crippen molar-refractivity contribution in [3.63, 3.8) is 0 Å². The van der Waals surface area contributed by atoms with E-state index in [1.165, 1.54) is 0 Å². The van der Waals surface area contributed by atoms with Gasteiger partial charge in [0.15, 0.2) is 5.82 Å². The van der Waals surface area contributed by atoms with E-state index in [9.17, 15) is 9.59 Å². The first-order valence-corrected chi connectivity index (χ1v) is 8.39. The van der Waals surface area contributed by atoms with Gasteiger partial charge in [0.2, 0.25) is 0 Å². The molecular formula is C16H24N4O2. The Bertz CT molecular complexity index is 575. The van der Waals surface area contributed by atoms with Crippen molar-refractivity contribution in [3.05, 3.63) is 17.2 Å². The van der Waals surface area contributed by atoms with Crippen LogP contribution in [0, 0.1) is 0 Å². The monoisotopic (exact) mass is 304 g/mol. The van der Waals surface area contributed by atoms with Crippen molar-refractivity contribution in [2.45, 2.75) is 64.5 Å².